The van der Waals surface area contributed by atoms with Gasteiger partial charge >= 0.3 is 12.2 Å². The van der Waals surface area contributed by atoms with Gasteiger partial charge in [-0.2, -0.15) is 13.2 Å². The van der Waals surface area contributed by atoms with Crippen LogP contribution in [0.4, 0.5) is 29.3 Å². The number of aromatic amines is 1. The van der Waals surface area contributed by atoms with Crippen molar-refractivity contribution in [1.82, 2.24) is 9.97 Å². The van der Waals surface area contributed by atoms with Gasteiger partial charge < -0.3 is 20.7 Å². The number of halogens is 3. The first kappa shape index (κ1) is 22.3. The Morgan fingerprint density at radius 3 is 2.18 bits per heavy atom. The Morgan fingerprint density at radius 2 is 1.58 bits per heavy atom. The number of rotatable bonds is 4. The van der Waals surface area contributed by atoms with E-state index < -0.39 is 23.4 Å². The highest BCUT2D eigenvalue weighted by Crippen LogP contribution is 2.34. The number of pyridine rings is 1. The normalized spacial score (nSPS) is 12.1. The van der Waals surface area contributed by atoms with Gasteiger partial charge in [-0.25, -0.2) is 9.78 Å². The Hall–Kier alpha value is -3.85. The Kier molecular flexibility index (Phi) is 5.59. The molecule has 0 aliphatic carbocycles. The average molecular weight is 454 g/mol. The summed E-state index contributed by atoms with van der Waals surface area (Å²) in [5, 5.41) is 16.1. The van der Waals surface area contributed by atoms with E-state index >= 15 is 0 Å². The first-order chi connectivity index (χ1) is 15.5. The third kappa shape index (κ3) is 4.83. The number of nitrogens with zero attached hydrogens (tertiary/aromatic N) is 1. The molecular weight excluding hydrogens is 433 g/mol. The Bertz CT molecular complexity index is 1290. The number of urea groups is 1. The molecule has 4 rings (SSSR count). The van der Waals surface area contributed by atoms with E-state index in [9.17, 15) is 23.1 Å². The zero-order chi connectivity index (χ0) is 23.8. The molecule has 2 amide bonds. The van der Waals surface area contributed by atoms with Crippen LogP contribution in [0.25, 0.3) is 22.2 Å². The predicted octanol–water partition coefficient (Wildman–Crippen LogP) is 6.12. The molecule has 6 nitrogen and oxygen atoms in total. The summed E-state index contributed by atoms with van der Waals surface area (Å²) in [5.74, 6) is 0. The number of anilines is 2. The highest BCUT2D eigenvalue weighted by atomic mass is 19.4. The molecule has 2 aromatic heterocycles. The van der Waals surface area contributed by atoms with Gasteiger partial charge in [-0.3, -0.25) is 0 Å². The van der Waals surface area contributed by atoms with Crippen LogP contribution in [0.3, 0.4) is 0 Å². The standard InChI is InChI=1S/C24H21F3N4O2/c1-23(2,33)15-5-3-14(4-6-15)18-11-12-28-21-20(18)19(13-29-21)31-22(32)30-17-9-7-16(8-10-17)24(25,26)27/h3-13,33H,1-2H3,(H,28,29)(H2,30,31,32). The molecule has 4 aromatic rings. The highest BCUT2D eigenvalue weighted by Gasteiger charge is 2.30. The van der Waals surface area contributed by atoms with Crippen molar-refractivity contribution in [2.24, 2.45) is 0 Å². The molecule has 33 heavy (non-hydrogen) atoms. The fraction of sp³-hybridized carbons (Fsp3) is 0.167. The fourth-order valence-corrected chi connectivity index (χ4v) is 3.48. The molecule has 0 radical (unpaired) electrons. The molecule has 0 saturated carbocycles. The third-order valence-corrected chi connectivity index (χ3v) is 5.19. The molecule has 4 N–H and O–H groups in total. The maximum absolute atomic E-state index is 12.7. The fourth-order valence-electron chi connectivity index (χ4n) is 3.48. The predicted molar refractivity (Wildman–Crippen MR) is 121 cm³/mol. The summed E-state index contributed by atoms with van der Waals surface area (Å²) in [5.41, 5.74) is 1.92. The van der Waals surface area contributed by atoms with Crippen molar-refractivity contribution < 1.29 is 23.1 Å². The average Bonchev–Trinajstić information content (AvgIpc) is 3.16. The second-order valence-electron chi connectivity index (χ2n) is 8.08. The summed E-state index contributed by atoms with van der Waals surface area (Å²) in [6, 6.07) is 12.8. The highest BCUT2D eigenvalue weighted by molar-refractivity contribution is 6.09. The van der Waals surface area contributed by atoms with Crippen LogP contribution in [-0.4, -0.2) is 21.1 Å². The second kappa shape index (κ2) is 8.25. The molecule has 0 aliphatic rings. The van der Waals surface area contributed by atoms with Crippen molar-refractivity contribution in [3.8, 4) is 11.1 Å². The monoisotopic (exact) mass is 454 g/mol. The summed E-state index contributed by atoms with van der Waals surface area (Å²) in [6.07, 6.45) is -1.21. The van der Waals surface area contributed by atoms with Crippen LogP contribution >= 0.6 is 0 Å². The van der Waals surface area contributed by atoms with Crippen molar-refractivity contribution in [2.75, 3.05) is 10.6 Å². The summed E-state index contributed by atoms with van der Waals surface area (Å²) in [7, 11) is 0. The van der Waals surface area contributed by atoms with E-state index in [1.807, 2.05) is 30.3 Å². The van der Waals surface area contributed by atoms with Crippen molar-refractivity contribution in [3.05, 3.63) is 78.1 Å². The van der Waals surface area contributed by atoms with Crippen molar-refractivity contribution in [2.45, 2.75) is 25.6 Å². The van der Waals surface area contributed by atoms with E-state index in [-0.39, 0.29) is 5.69 Å². The summed E-state index contributed by atoms with van der Waals surface area (Å²) in [6.45, 7) is 3.41. The van der Waals surface area contributed by atoms with Crippen LogP contribution in [0.1, 0.15) is 25.0 Å². The van der Waals surface area contributed by atoms with Gasteiger partial charge in [-0.15, -0.1) is 0 Å². The minimum atomic E-state index is -4.45. The van der Waals surface area contributed by atoms with Gasteiger partial charge in [0.05, 0.1) is 22.2 Å². The van der Waals surface area contributed by atoms with E-state index in [2.05, 4.69) is 20.6 Å². The van der Waals surface area contributed by atoms with Crippen LogP contribution in [0.2, 0.25) is 0 Å². The largest absolute Gasteiger partial charge is 0.416 e. The van der Waals surface area contributed by atoms with E-state index in [0.29, 0.717) is 16.7 Å². The second-order valence-corrected chi connectivity index (χ2v) is 8.08. The number of benzene rings is 2. The number of nitrogens with one attached hydrogen (secondary N) is 3. The van der Waals surface area contributed by atoms with Gasteiger partial charge in [0.2, 0.25) is 0 Å². The lowest BCUT2D eigenvalue weighted by Crippen LogP contribution is -2.19. The minimum absolute atomic E-state index is 0.223. The smallest absolute Gasteiger partial charge is 0.386 e. The van der Waals surface area contributed by atoms with Gasteiger partial charge in [0, 0.05) is 18.1 Å². The minimum Gasteiger partial charge on any atom is -0.386 e. The van der Waals surface area contributed by atoms with Crippen molar-refractivity contribution >= 4 is 28.4 Å². The zero-order valence-electron chi connectivity index (χ0n) is 17.8. The molecule has 0 fully saturated rings. The lowest BCUT2D eigenvalue weighted by Gasteiger charge is -2.18. The van der Waals surface area contributed by atoms with Gasteiger partial charge in [0.25, 0.3) is 0 Å². The number of H-pyrrole nitrogens is 1. The summed E-state index contributed by atoms with van der Waals surface area (Å²) < 4.78 is 38.2. The molecule has 170 valence electrons. The van der Waals surface area contributed by atoms with Crippen LogP contribution in [0.5, 0.6) is 0 Å². The quantitative estimate of drug-likeness (QED) is 0.299. The molecule has 9 heteroatoms. The van der Waals surface area contributed by atoms with Crippen molar-refractivity contribution in [3.63, 3.8) is 0 Å². The number of amides is 2. The maximum Gasteiger partial charge on any atom is 0.416 e. The maximum atomic E-state index is 12.7. The molecule has 0 atom stereocenters. The molecule has 2 heterocycles. The van der Waals surface area contributed by atoms with Gasteiger partial charge in [-0.1, -0.05) is 24.3 Å². The zero-order valence-corrected chi connectivity index (χ0v) is 17.8. The van der Waals surface area contributed by atoms with Gasteiger partial charge in [-0.05, 0) is 60.9 Å². The van der Waals surface area contributed by atoms with Crippen LogP contribution < -0.4 is 10.6 Å². The number of fused-ring (bicyclic) bond motifs is 1. The first-order valence-corrected chi connectivity index (χ1v) is 10.1. The first-order valence-electron chi connectivity index (χ1n) is 10.1. The van der Waals surface area contributed by atoms with Crippen molar-refractivity contribution in [1.29, 1.82) is 0 Å². The van der Waals surface area contributed by atoms with E-state index in [4.69, 9.17) is 0 Å². The molecular formula is C24H21F3N4O2. The molecule has 2 aromatic carbocycles. The third-order valence-electron chi connectivity index (χ3n) is 5.19. The molecule has 0 aliphatic heterocycles. The Balaban J connectivity index is 1.58. The molecule has 0 spiro atoms. The topological polar surface area (TPSA) is 90.0 Å². The summed E-state index contributed by atoms with van der Waals surface area (Å²) in [4.78, 5) is 19.8. The SMILES string of the molecule is CC(C)(O)c1ccc(-c2ccnc3[nH]cc(NC(=O)Nc4ccc(C(F)(F)F)cc4)c23)cc1. The number of aliphatic hydroxyl groups is 1. The lowest BCUT2D eigenvalue weighted by molar-refractivity contribution is -0.137. The number of aromatic nitrogens is 2. The molecule has 0 bridgehead atoms. The number of carbonyl (C=O) groups is 1. The van der Waals surface area contributed by atoms with E-state index in [0.717, 1.165) is 28.8 Å². The summed E-state index contributed by atoms with van der Waals surface area (Å²) >= 11 is 0. The van der Waals surface area contributed by atoms with Gasteiger partial charge in [0.15, 0.2) is 0 Å². The molecule has 0 unspecified atom stereocenters. The van der Waals surface area contributed by atoms with E-state index in [1.165, 1.54) is 12.1 Å². The molecule has 0 saturated heterocycles. The number of hydrogen-bond donors (Lipinski definition) is 4. The number of hydrogen-bond acceptors (Lipinski definition) is 3. The van der Waals surface area contributed by atoms with Crippen LogP contribution in [-0.2, 0) is 11.8 Å². The van der Waals surface area contributed by atoms with Crippen LogP contribution in [0.15, 0.2) is 67.0 Å². The Labute approximate surface area is 187 Å². The Morgan fingerprint density at radius 1 is 0.939 bits per heavy atom. The van der Waals surface area contributed by atoms with Crippen LogP contribution in [0, 0.1) is 0 Å². The van der Waals surface area contributed by atoms with E-state index in [1.54, 1.807) is 26.2 Å². The number of carbonyl (C=O) groups excluding carboxylic acids is 1. The number of alkyl halides is 3. The lowest BCUT2D eigenvalue weighted by atomic mass is 9.95. The van der Waals surface area contributed by atoms with Gasteiger partial charge in [0.1, 0.15) is 5.65 Å².